The summed E-state index contributed by atoms with van der Waals surface area (Å²) in [6.45, 7) is 4.50. The van der Waals surface area contributed by atoms with Gasteiger partial charge >= 0.3 is 0 Å². The molecule has 1 saturated heterocycles. The van der Waals surface area contributed by atoms with Crippen molar-refractivity contribution in [2.75, 3.05) is 13.1 Å². The first kappa shape index (κ1) is 12.1. The van der Waals surface area contributed by atoms with Crippen molar-refractivity contribution in [1.29, 1.82) is 0 Å². The van der Waals surface area contributed by atoms with Crippen molar-refractivity contribution >= 4 is 5.91 Å². The lowest BCUT2D eigenvalue weighted by atomic mass is 10.1. The van der Waals surface area contributed by atoms with Crippen molar-refractivity contribution in [3.8, 4) is 0 Å². The molecule has 1 heterocycles. The lowest BCUT2D eigenvalue weighted by molar-refractivity contribution is -0.133. The minimum atomic E-state index is 0.0404. The van der Waals surface area contributed by atoms with Gasteiger partial charge in [0.2, 0.25) is 5.91 Å². The van der Waals surface area contributed by atoms with Crippen LogP contribution in [0, 0.1) is 0 Å². The summed E-state index contributed by atoms with van der Waals surface area (Å²) >= 11 is 0. The fourth-order valence-corrected chi connectivity index (χ4v) is 2.27. The Bertz CT molecular complexity index is 358. The second-order valence-electron chi connectivity index (χ2n) is 4.49. The maximum atomic E-state index is 12.2. The zero-order valence-electron chi connectivity index (χ0n) is 10.4. The first-order chi connectivity index (χ1) is 8.31. The Morgan fingerprint density at radius 3 is 2.76 bits per heavy atom. The molecule has 1 fully saturated rings. The summed E-state index contributed by atoms with van der Waals surface area (Å²) in [5.41, 5.74) is 1.20. The number of hydrogen-bond acceptors (Lipinski definition) is 2. The van der Waals surface area contributed by atoms with Gasteiger partial charge < -0.3 is 10.2 Å². The van der Waals surface area contributed by atoms with Crippen molar-refractivity contribution in [1.82, 2.24) is 10.2 Å². The second-order valence-corrected chi connectivity index (χ2v) is 4.49. The topological polar surface area (TPSA) is 32.3 Å². The lowest BCUT2D eigenvalue weighted by Gasteiger charge is -2.24. The van der Waals surface area contributed by atoms with Gasteiger partial charge in [0.05, 0.1) is 6.04 Å². The minimum absolute atomic E-state index is 0.0404. The summed E-state index contributed by atoms with van der Waals surface area (Å²) in [5, 5.41) is 3.27. The lowest BCUT2D eigenvalue weighted by Crippen LogP contribution is -2.43. The summed E-state index contributed by atoms with van der Waals surface area (Å²) < 4.78 is 0. The van der Waals surface area contributed by atoms with Gasteiger partial charge in [0, 0.05) is 13.1 Å². The molecule has 0 spiro atoms. The Balaban J connectivity index is 1.98. The van der Waals surface area contributed by atoms with Crippen LogP contribution >= 0.6 is 0 Å². The average Bonchev–Trinajstić information content (AvgIpc) is 2.90. The largest absolute Gasteiger partial charge is 0.337 e. The highest BCUT2D eigenvalue weighted by Gasteiger charge is 2.25. The van der Waals surface area contributed by atoms with Gasteiger partial charge in [-0.15, -0.1) is 0 Å². The molecule has 0 aliphatic carbocycles. The molecule has 1 N–H and O–H groups in total. The van der Waals surface area contributed by atoms with Crippen LogP contribution in [0.2, 0.25) is 0 Å². The number of hydrogen-bond donors (Lipinski definition) is 1. The molecule has 92 valence electrons. The monoisotopic (exact) mass is 232 g/mol. The molecule has 1 aliphatic heterocycles. The highest BCUT2D eigenvalue weighted by atomic mass is 16.2. The van der Waals surface area contributed by atoms with Crippen LogP contribution in [0.4, 0.5) is 0 Å². The maximum Gasteiger partial charge on any atom is 0.239 e. The van der Waals surface area contributed by atoms with E-state index in [-0.39, 0.29) is 11.9 Å². The Labute approximate surface area is 103 Å². The molecule has 0 aromatic heterocycles. The summed E-state index contributed by atoms with van der Waals surface area (Å²) in [5.74, 6) is 0.244. The molecule has 1 aromatic rings. The van der Waals surface area contributed by atoms with Gasteiger partial charge in [-0.05, 0) is 31.9 Å². The van der Waals surface area contributed by atoms with Crippen molar-refractivity contribution < 1.29 is 4.79 Å². The Morgan fingerprint density at radius 2 is 2.18 bits per heavy atom. The molecular formula is C14H20N2O. The second kappa shape index (κ2) is 5.82. The molecule has 0 unspecified atom stereocenters. The zero-order chi connectivity index (χ0) is 12.1. The molecule has 0 saturated carbocycles. The predicted molar refractivity (Wildman–Crippen MR) is 68.6 cm³/mol. The quantitative estimate of drug-likeness (QED) is 0.858. The summed E-state index contributed by atoms with van der Waals surface area (Å²) in [4.78, 5) is 14.2. The van der Waals surface area contributed by atoms with E-state index in [1.165, 1.54) is 5.56 Å². The Morgan fingerprint density at radius 1 is 1.41 bits per heavy atom. The number of likely N-dealkylation sites (N-methyl/N-ethyl adjacent to an activating group) is 1. The molecule has 3 heteroatoms. The fraction of sp³-hybridized carbons (Fsp3) is 0.500. The normalized spacial score (nSPS) is 19.2. The molecule has 1 atom stereocenters. The van der Waals surface area contributed by atoms with Crippen LogP contribution in [-0.2, 0) is 11.3 Å². The van der Waals surface area contributed by atoms with E-state index < -0.39 is 0 Å². The van der Waals surface area contributed by atoms with Crippen LogP contribution < -0.4 is 5.32 Å². The van der Waals surface area contributed by atoms with Crippen LogP contribution in [0.1, 0.15) is 25.3 Å². The summed E-state index contributed by atoms with van der Waals surface area (Å²) in [6.07, 6.45) is 2.09. The zero-order valence-corrected chi connectivity index (χ0v) is 10.4. The number of nitrogens with one attached hydrogen (secondary N) is 1. The number of rotatable bonds is 4. The van der Waals surface area contributed by atoms with Gasteiger partial charge in [0.1, 0.15) is 0 Å². The first-order valence-electron chi connectivity index (χ1n) is 6.37. The van der Waals surface area contributed by atoms with Gasteiger partial charge in [-0.1, -0.05) is 30.3 Å². The van der Waals surface area contributed by atoms with E-state index in [9.17, 15) is 4.79 Å². The van der Waals surface area contributed by atoms with Crippen LogP contribution in [0.5, 0.6) is 0 Å². The summed E-state index contributed by atoms with van der Waals surface area (Å²) in [6, 6.07) is 10.2. The van der Waals surface area contributed by atoms with E-state index in [4.69, 9.17) is 0 Å². The fourth-order valence-electron chi connectivity index (χ4n) is 2.27. The van der Waals surface area contributed by atoms with Gasteiger partial charge in [-0.25, -0.2) is 0 Å². The van der Waals surface area contributed by atoms with Crippen molar-refractivity contribution in [2.24, 2.45) is 0 Å². The van der Waals surface area contributed by atoms with Crippen molar-refractivity contribution in [3.05, 3.63) is 35.9 Å². The van der Waals surface area contributed by atoms with E-state index in [1.807, 2.05) is 30.0 Å². The highest BCUT2D eigenvalue weighted by Crippen LogP contribution is 2.11. The molecule has 1 aromatic carbocycles. The van der Waals surface area contributed by atoms with Crippen LogP contribution in [-0.4, -0.2) is 29.9 Å². The van der Waals surface area contributed by atoms with Crippen molar-refractivity contribution in [3.63, 3.8) is 0 Å². The van der Waals surface area contributed by atoms with Gasteiger partial charge in [-0.3, -0.25) is 4.79 Å². The van der Waals surface area contributed by atoms with Crippen LogP contribution in [0.3, 0.4) is 0 Å². The van der Waals surface area contributed by atoms with E-state index in [0.29, 0.717) is 6.54 Å². The molecule has 0 bridgehead atoms. The number of carbonyl (C=O) groups excluding carboxylic acids is 1. The van der Waals surface area contributed by atoms with Gasteiger partial charge in [0.15, 0.2) is 0 Å². The molecule has 1 aliphatic rings. The van der Waals surface area contributed by atoms with E-state index in [1.54, 1.807) is 0 Å². The number of benzene rings is 1. The predicted octanol–water partition coefficient (Wildman–Crippen LogP) is 1.79. The average molecular weight is 232 g/mol. The van der Waals surface area contributed by atoms with Crippen molar-refractivity contribution in [2.45, 2.75) is 32.4 Å². The molecular weight excluding hydrogens is 212 g/mol. The SMILES string of the molecule is CCN(Cc1ccccc1)C(=O)[C@@H]1CCCN1. The van der Waals surface area contributed by atoms with E-state index in [2.05, 4.69) is 17.4 Å². The molecule has 2 rings (SSSR count). The Hall–Kier alpha value is -1.35. The van der Waals surface area contributed by atoms with Gasteiger partial charge in [0.25, 0.3) is 0 Å². The van der Waals surface area contributed by atoms with Crippen LogP contribution in [0.15, 0.2) is 30.3 Å². The molecule has 1 amide bonds. The smallest absolute Gasteiger partial charge is 0.239 e. The molecule has 0 radical (unpaired) electrons. The minimum Gasteiger partial charge on any atom is -0.337 e. The number of nitrogens with zero attached hydrogens (tertiary/aromatic N) is 1. The third-order valence-corrected chi connectivity index (χ3v) is 3.27. The standard InChI is InChI=1S/C14H20N2O/c1-2-16(11-12-7-4-3-5-8-12)14(17)13-9-6-10-15-13/h3-5,7-8,13,15H,2,6,9-11H2,1H3/t13-/m0/s1. The third-order valence-electron chi connectivity index (χ3n) is 3.27. The summed E-state index contributed by atoms with van der Waals surface area (Å²) in [7, 11) is 0. The molecule has 3 nitrogen and oxygen atoms in total. The number of amides is 1. The Kier molecular flexibility index (Phi) is 4.15. The highest BCUT2D eigenvalue weighted by molar-refractivity contribution is 5.82. The van der Waals surface area contributed by atoms with Crippen LogP contribution in [0.25, 0.3) is 0 Å². The maximum absolute atomic E-state index is 12.2. The van der Waals surface area contributed by atoms with Gasteiger partial charge in [-0.2, -0.15) is 0 Å². The number of carbonyl (C=O) groups is 1. The molecule has 17 heavy (non-hydrogen) atoms. The van der Waals surface area contributed by atoms with E-state index in [0.717, 1.165) is 25.9 Å². The first-order valence-corrected chi connectivity index (χ1v) is 6.37. The van der Waals surface area contributed by atoms with E-state index >= 15 is 0 Å². The third kappa shape index (κ3) is 3.07.